The van der Waals surface area contributed by atoms with Gasteiger partial charge in [-0.3, -0.25) is 14.1 Å². The lowest BCUT2D eigenvalue weighted by Crippen LogP contribution is -2.63. The van der Waals surface area contributed by atoms with Gasteiger partial charge in [0.1, 0.15) is 5.75 Å². The molecule has 8 atom stereocenters. The molecule has 0 aromatic carbocycles. The third-order valence-corrected chi connectivity index (χ3v) is 11.1. The lowest BCUT2D eigenvalue weighted by atomic mass is 9.65. The molecule has 0 aromatic heterocycles. The number of carbonyl (C=O) groups excluding carboxylic acids is 2. The second-order valence-electron chi connectivity index (χ2n) is 12.7. The molecule has 1 N–H and O–H groups in total. The zero-order chi connectivity index (χ0) is 28.8. The molecule has 14 heteroatoms. The average Bonchev–Trinajstić information content (AvgIpc) is 3.41. The Hall–Kier alpha value is -1.57. The Morgan fingerprint density at radius 2 is 1.74 bits per heavy atom. The van der Waals surface area contributed by atoms with E-state index in [1.54, 1.807) is 0 Å². The first-order valence-corrected chi connectivity index (χ1v) is 15.1. The van der Waals surface area contributed by atoms with E-state index >= 15 is 0 Å². The van der Waals surface area contributed by atoms with Crippen LogP contribution in [0, 0.1) is 40.9 Å². The van der Waals surface area contributed by atoms with Crippen LogP contribution in [0.25, 0.3) is 0 Å². The molecule has 5 aliphatic rings. The molecule has 4 bridgehead atoms. The van der Waals surface area contributed by atoms with Crippen molar-refractivity contribution in [2.24, 2.45) is 40.9 Å². The molecule has 0 aromatic rings. The van der Waals surface area contributed by atoms with E-state index in [1.807, 2.05) is 4.90 Å². The highest BCUT2D eigenvalue weighted by Crippen LogP contribution is 2.66. The normalized spacial score (nSPS) is 38.7. The van der Waals surface area contributed by atoms with Crippen molar-refractivity contribution >= 4 is 22.0 Å². The quantitative estimate of drug-likeness (QED) is 0.273. The van der Waals surface area contributed by atoms with Crippen LogP contribution in [-0.4, -0.2) is 66.0 Å². The number of alkyl halides is 6. The summed E-state index contributed by atoms with van der Waals surface area (Å²) in [4.78, 5) is 28.6. The van der Waals surface area contributed by atoms with Gasteiger partial charge in [-0.25, -0.2) is 0 Å². The maximum absolute atomic E-state index is 13.9. The lowest BCUT2D eigenvalue weighted by Gasteiger charge is -2.48. The van der Waals surface area contributed by atoms with Crippen LogP contribution in [0.3, 0.4) is 0 Å². The molecule has 39 heavy (non-hydrogen) atoms. The maximum Gasteiger partial charge on any atom is 0.438 e. The summed E-state index contributed by atoms with van der Waals surface area (Å²) in [7, 11) is -5.87. The highest BCUT2D eigenvalue weighted by atomic mass is 32.2. The molecular weight excluding hydrogens is 556 g/mol. The number of nitrogens with zero attached hydrogens (tertiary/aromatic N) is 1. The van der Waals surface area contributed by atoms with E-state index in [0.29, 0.717) is 31.2 Å². The number of fused-ring (bicyclic) bond motifs is 7. The predicted molar refractivity (Wildman–Crippen MR) is 123 cm³/mol. The third kappa shape index (κ3) is 4.74. The first kappa shape index (κ1) is 28.9. The number of halogens is 6. The molecule has 1 saturated heterocycles. The molecule has 1 amide bonds. The molecule has 1 aliphatic heterocycles. The first-order chi connectivity index (χ1) is 17.9. The smallest absolute Gasteiger partial charge is 0.438 e. The van der Waals surface area contributed by atoms with Crippen LogP contribution in [0.2, 0.25) is 0 Å². The van der Waals surface area contributed by atoms with Gasteiger partial charge in [0.05, 0.1) is 6.42 Å². The Balaban J connectivity index is 1.39. The van der Waals surface area contributed by atoms with E-state index in [0.717, 1.165) is 25.7 Å². The van der Waals surface area contributed by atoms with E-state index < -0.39 is 57.5 Å². The van der Waals surface area contributed by atoms with E-state index in [9.17, 15) is 44.3 Å². The molecule has 4 saturated carbocycles. The summed E-state index contributed by atoms with van der Waals surface area (Å²) in [6.45, 7) is 2.60. The Morgan fingerprint density at radius 3 is 2.36 bits per heavy atom. The van der Waals surface area contributed by atoms with Gasteiger partial charge >= 0.3 is 23.9 Å². The van der Waals surface area contributed by atoms with Gasteiger partial charge in [-0.1, -0.05) is 19.8 Å². The van der Waals surface area contributed by atoms with Gasteiger partial charge in [-0.05, 0) is 73.5 Å². The summed E-state index contributed by atoms with van der Waals surface area (Å²) in [6.07, 6.45) is -7.11. The fourth-order valence-corrected chi connectivity index (χ4v) is 10.0. The Bertz CT molecular complexity index is 1110. The number of ether oxygens (including phenoxy) is 1. The highest BCUT2D eigenvalue weighted by Gasteiger charge is 2.76. The van der Waals surface area contributed by atoms with Crippen LogP contribution >= 0.6 is 0 Å². The number of likely N-dealkylation sites (tertiary alicyclic amines) is 1. The number of rotatable bonds is 6. The van der Waals surface area contributed by atoms with E-state index in [2.05, 4.69) is 11.7 Å². The molecule has 8 unspecified atom stereocenters. The summed E-state index contributed by atoms with van der Waals surface area (Å²) in [5.41, 5.74) is -6.58. The average molecular weight is 590 g/mol. The Morgan fingerprint density at radius 1 is 1.08 bits per heavy atom. The van der Waals surface area contributed by atoms with Crippen molar-refractivity contribution in [1.82, 2.24) is 4.90 Å². The Labute approximate surface area is 222 Å². The number of carbonyl (C=O) groups is 2. The molecule has 5 fully saturated rings. The largest absolute Gasteiger partial charge is 0.438 e. The van der Waals surface area contributed by atoms with Crippen LogP contribution in [0.15, 0.2) is 0 Å². The number of amides is 1. The van der Waals surface area contributed by atoms with Crippen molar-refractivity contribution in [3.63, 3.8) is 0 Å². The predicted octanol–water partition coefficient (Wildman–Crippen LogP) is 4.76. The number of hydrogen-bond donors (Lipinski definition) is 1. The molecule has 222 valence electrons. The van der Waals surface area contributed by atoms with Gasteiger partial charge < -0.3 is 9.64 Å². The highest BCUT2D eigenvalue weighted by molar-refractivity contribution is 7.85. The fraction of sp³-hybridized carbons (Fsp3) is 0.920. The molecule has 0 spiro atoms. The van der Waals surface area contributed by atoms with Crippen LogP contribution in [0.1, 0.15) is 64.7 Å². The van der Waals surface area contributed by atoms with E-state index in [-0.39, 0.29) is 36.1 Å². The van der Waals surface area contributed by atoms with Gasteiger partial charge in [0.25, 0.3) is 10.1 Å². The summed E-state index contributed by atoms with van der Waals surface area (Å²) < 4.78 is 117. The monoisotopic (exact) mass is 589 g/mol. The van der Waals surface area contributed by atoms with Gasteiger partial charge in [0.2, 0.25) is 5.91 Å². The van der Waals surface area contributed by atoms with Gasteiger partial charge in [-0.2, -0.15) is 34.8 Å². The van der Waals surface area contributed by atoms with Gasteiger partial charge in [0.15, 0.2) is 0 Å². The molecular formula is C25H33F6NO6S. The van der Waals surface area contributed by atoms with Gasteiger partial charge in [-0.15, -0.1) is 0 Å². The van der Waals surface area contributed by atoms with Crippen LogP contribution in [0.4, 0.5) is 26.3 Å². The fourth-order valence-electron chi connectivity index (χ4n) is 9.10. The Kier molecular flexibility index (Phi) is 6.84. The maximum atomic E-state index is 13.9. The topological polar surface area (TPSA) is 101 Å². The van der Waals surface area contributed by atoms with Crippen molar-refractivity contribution in [3.8, 4) is 0 Å². The SMILES string of the molecule is CC1CC2CCCC(C2)C1N1CC2C3CCC(CC(=O)OC(CS(=O)(=O)O)(C(F)(F)F)C(F)(F)F)(C3)C2C1=O. The molecule has 1 heterocycles. The zero-order valence-corrected chi connectivity index (χ0v) is 22.2. The van der Waals surface area contributed by atoms with Crippen LogP contribution in [-0.2, 0) is 24.4 Å². The van der Waals surface area contributed by atoms with Crippen molar-refractivity contribution in [1.29, 1.82) is 0 Å². The van der Waals surface area contributed by atoms with E-state index in [1.165, 1.54) is 6.42 Å². The molecule has 5 rings (SSSR count). The minimum Gasteiger partial charge on any atom is -0.438 e. The standard InChI is InChI=1S/C25H33F6NO6S/c1-13-7-14-3-2-4-15(8-14)20(13)32-11-17-16-5-6-22(9-16,19(17)21(32)34)10-18(33)38-23(24(26,27)28,25(29,30)31)12-39(35,36)37/h13-17,19-20H,2-12H2,1H3,(H,35,36,37). The second-order valence-corrected chi connectivity index (χ2v) is 14.1. The zero-order valence-electron chi connectivity index (χ0n) is 21.4. The van der Waals surface area contributed by atoms with Crippen molar-refractivity contribution in [3.05, 3.63) is 0 Å². The molecule has 7 nitrogen and oxygen atoms in total. The van der Waals surface area contributed by atoms with Crippen LogP contribution in [0.5, 0.6) is 0 Å². The van der Waals surface area contributed by atoms with Crippen molar-refractivity contribution < 1.29 is 53.6 Å². The van der Waals surface area contributed by atoms with Crippen molar-refractivity contribution in [2.45, 2.75) is 88.7 Å². The third-order valence-electron chi connectivity index (χ3n) is 10.4. The summed E-state index contributed by atoms with van der Waals surface area (Å²) in [6, 6.07) is 0.0286. The van der Waals surface area contributed by atoms with Gasteiger partial charge in [0, 0.05) is 18.5 Å². The first-order valence-electron chi connectivity index (χ1n) is 13.5. The number of esters is 1. The summed E-state index contributed by atoms with van der Waals surface area (Å²) in [5, 5.41) is 0. The summed E-state index contributed by atoms with van der Waals surface area (Å²) in [5.74, 6) is -4.55. The second kappa shape index (κ2) is 9.22. The lowest BCUT2D eigenvalue weighted by molar-refractivity contribution is -0.361. The number of hydrogen-bond acceptors (Lipinski definition) is 5. The molecule has 0 radical (unpaired) electrons. The summed E-state index contributed by atoms with van der Waals surface area (Å²) >= 11 is 0. The minimum absolute atomic E-state index is 0.0163. The van der Waals surface area contributed by atoms with E-state index in [4.69, 9.17) is 4.55 Å². The van der Waals surface area contributed by atoms with Crippen LogP contribution < -0.4 is 0 Å². The molecule has 4 aliphatic carbocycles. The minimum atomic E-state index is -6.38. The van der Waals surface area contributed by atoms with Crippen molar-refractivity contribution in [2.75, 3.05) is 12.3 Å².